The smallest absolute Gasteiger partial charge is 0.269 e. The Bertz CT molecular complexity index is 702. The summed E-state index contributed by atoms with van der Waals surface area (Å²) in [7, 11) is 1.77. The van der Waals surface area contributed by atoms with Crippen molar-refractivity contribution in [1.29, 1.82) is 0 Å². The van der Waals surface area contributed by atoms with E-state index in [0.29, 0.717) is 5.69 Å². The second-order valence-corrected chi connectivity index (χ2v) is 6.00. The molecule has 2 aromatic rings. The molecule has 0 atom stereocenters. The molecule has 0 radical (unpaired) electrons. The predicted molar refractivity (Wildman–Crippen MR) is 87.4 cm³/mol. The Morgan fingerprint density at radius 3 is 2.70 bits per heavy atom. The van der Waals surface area contributed by atoms with Gasteiger partial charge in [-0.3, -0.25) is 14.5 Å². The van der Waals surface area contributed by atoms with Gasteiger partial charge < -0.3 is 10.2 Å². The summed E-state index contributed by atoms with van der Waals surface area (Å²) >= 11 is 0. The van der Waals surface area contributed by atoms with E-state index in [9.17, 15) is 4.79 Å². The molecule has 0 bridgehead atoms. The molecule has 3 heterocycles. The van der Waals surface area contributed by atoms with Gasteiger partial charge in [-0.15, -0.1) is 0 Å². The van der Waals surface area contributed by atoms with Crippen LogP contribution in [0.4, 0.5) is 5.82 Å². The van der Waals surface area contributed by atoms with E-state index in [1.165, 1.54) is 0 Å². The van der Waals surface area contributed by atoms with E-state index in [0.717, 1.165) is 43.1 Å². The van der Waals surface area contributed by atoms with Gasteiger partial charge in [0, 0.05) is 38.6 Å². The Hall–Kier alpha value is -2.44. The molecule has 1 saturated heterocycles. The molecule has 2 aromatic heterocycles. The normalized spacial score (nSPS) is 15.7. The van der Waals surface area contributed by atoms with E-state index < -0.39 is 0 Å². The monoisotopic (exact) mass is 314 g/mol. The lowest BCUT2D eigenvalue weighted by molar-refractivity contribution is 0.0921. The summed E-state index contributed by atoms with van der Waals surface area (Å²) in [6.07, 6.45) is 5.23. The highest BCUT2D eigenvalue weighted by Gasteiger charge is 2.24. The number of aromatic nitrogens is 4. The van der Waals surface area contributed by atoms with Gasteiger partial charge in [0.2, 0.25) is 0 Å². The Kier molecular flexibility index (Phi) is 4.27. The molecule has 0 unspecified atom stereocenters. The van der Waals surface area contributed by atoms with Gasteiger partial charge in [-0.2, -0.15) is 5.10 Å². The molecule has 1 fully saturated rings. The van der Waals surface area contributed by atoms with Crippen LogP contribution in [0, 0.1) is 13.8 Å². The van der Waals surface area contributed by atoms with Crippen molar-refractivity contribution in [3.05, 3.63) is 35.5 Å². The largest absolute Gasteiger partial charge is 0.355 e. The predicted octanol–water partition coefficient (Wildman–Crippen LogP) is 1.23. The van der Waals surface area contributed by atoms with Crippen molar-refractivity contribution in [3.8, 4) is 0 Å². The van der Waals surface area contributed by atoms with E-state index in [-0.39, 0.29) is 11.9 Å². The molecule has 7 nitrogen and oxygen atoms in total. The van der Waals surface area contributed by atoms with Crippen LogP contribution in [0.2, 0.25) is 0 Å². The maximum Gasteiger partial charge on any atom is 0.269 e. The van der Waals surface area contributed by atoms with Gasteiger partial charge in [0.25, 0.3) is 5.91 Å². The van der Waals surface area contributed by atoms with Gasteiger partial charge in [0.1, 0.15) is 11.5 Å². The van der Waals surface area contributed by atoms with Crippen LogP contribution in [-0.2, 0) is 7.05 Å². The van der Waals surface area contributed by atoms with Gasteiger partial charge >= 0.3 is 0 Å². The first-order valence-electron chi connectivity index (χ1n) is 7.88. The SMILES string of the molecule is Cc1cnc(C)c(N2CCC(NC(=O)c3ccnn3C)CC2)n1. The van der Waals surface area contributed by atoms with Crippen molar-refractivity contribution in [3.63, 3.8) is 0 Å². The summed E-state index contributed by atoms with van der Waals surface area (Å²) in [5.41, 5.74) is 2.47. The quantitative estimate of drug-likeness (QED) is 0.922. The summed E-state index contributed by atoms with van der Waals surface area (Å²) in [6.45, 7) is 5.68. The van der Waals surface area contributed by atoms with Crippen molar-refractivity contribution < 1.29 is 4.79 Å². The summed E-state index contributed by atoms with van der Waals surface area (Å²) in [5.74, 6) is 0.899. The lowest BCUT2D eigenvalue weighted by atomic mass is 10.0. The molecule has 1 aliphatic rings. The fraction of sp³-hybridized carbons (Fsp3) is 0.500. The fourth-order valence-electron chi connectivity index (χ4n) is 2.92. The maximum atomic E-state index is 12.2. The number of nitrogens with zero attached hydrogens (tertiary/aromatic N) is 5. The summed E-state index contributed by atoms with van der Waals surface area (Å²) in [5, 5.41) is 7.13. The minimum absolute atomic E-state index is 0.0602. The van der Waals surface area contributed by atoms with Crippen molar-refractivity contribution in [2.75, 3.05) is 18.0 Å². The first-order chi connectivity index (χ1) is 11.0. The summed E-state index contributed by atoms with van der Waals surface area (Å²) in [4.78, 5) is 23.5. The van der Waals surface area contributed by atoms with E-state index in [4.69, 9.17) is 0 Å². The Morgan fingerprint density at radius 2 is 2.04 bits per heavy atom. The highest BCUT2D eigenvalue weighted by Crippen LogP contribution is 2.20. The van der Waals surface area contributed by atoms with Gasteiger partial charge in [-0.25, -0.2) is 4.98 Å². The number of nitrogens with one attached hydrogen (secondary N) is 1. The van der Waals surface area contributed by atoms with E-state index in [1.54, 1.807) is 30.2 Å². The van der Waals surface area contributed by atoms with Crippen LogP contribution < -0.4 is 10.2 Å². The summed E-state index contributed by atoms with van der Waals surface area (Å²) < 4.78 is 1.59. The second kappa shape index (κ2) is 6.36. The average Bonchev–Trinajstić information content (AvgIpc) is 2.97. The molecule has 0 aromatic carbocycles. The number of hydrogen-bond acceptors (Lipinski definition) is 5. The Morgan fingerprint density at radius 1 is 1.30 bits per heavy atom. The lowest BCUT2D eigenvalue weighted by Crippen LogP contribution is -2.45. The number of piperidine rings is 1. The fourth-order valence-corrected chi connectivity index (χ4v) is 2.92. The number of amides is 1. The molecule has 23 heavy (non-hydrogen) atoms. The van der Waals surface area contributed by atoms with Gasteiger partial charge in [-0.05, 0) is 32.8 Å². The van der Waals surface area contributed by atoms with Crippen LogP contribution in [0.15, 0.2) is 18.5 Å². The molecule has 1 N–H and O–H groups in total. The molecular formula is C16H22N6O. The average molecular weight is 314 g/mol. The molecule has 1 aliphatic heterocycles. The number of carbonyl (C=O) groups is 1. The number of aryl methyl sites for hydroxylation is 3. The molecule has 0 spiro atoms. The zero-order valence-electron chi connectivity index (χ0n) is 13.8. The van der Waals surface area contributed by atoms with Crippen LogP contribution in [0.25, 0.3) is 0 Å². The molecule has 0 saturated carbocycles. The van der Waals surface area contributed by atoms with E-state index in [2.05, 4.69) is 25.3 Å². The van der Waals surface area contributed by atoms with Crippen LogP contribution >= 0.6 is 0 Å². The minimum Gasteiger partial charge on any atom is -0.355 e. The number of anilines is 1. The second-order valence-electron chi connectivity index (χ2n) is 6.00. The molecule has 0 aliphatic carbocycles. The van der Waals surface area contributed by atoms with Gasteiger partial charge in [-0.1, -0.05) is 0 Å². The van der Waals surface area contributed by atoms with Gasteiger partial charge in [0.05, 0.1) is 11.4 Å². The Balaban J connectivity index is 1.59. The molecular weight excluding hydrogens is 292 g/mol. The standard InChI is InChI=1S/C16H22N6O/c1-11-10-17-12(2)15(19-11)22-8-5-13(6-9-22)20-16(23)14-4-7-18-21(14)3/h4,7,10,13H,5-6,8-9H2,1-3H3,(H,20,23). The highest BCUT2D eigenvalue weighted by molar-refractivity contribution is 5.92. The van der Waals surface area contributed by atoms with Crippen LogP contribution in [0.1, 0.15) is 34.7 Å². The zero-order chi connectivity index (χ0) is 16.4. The first kappa shape index (κ1) is 15.5. The third-order valence-corrected chi connectivity index (χ3v) is 4.23. The topological polar surface area (TPSA) is 75.9 Å². The number of carbonyl (C=O) groups excluding carboxylic acids is 1. The molecule has 7 heteroatoms. The molecule has 122 valence electrons. The van der Waals surface area contributed by atoms with E-state index in [1.807, 2.05) is 13.8 Å². The maximum absolute atomic E-state index is 12.2. The number of hydrogen-bond donors (Lipinski definition) is 1. The van der Waals surface area contributed by atoms with Crippen LogP contribution in [0.3, 0.4) is 0 Å². The lowest BCUT2D eigenvalue weighted by Gasteiger charge is -2.33. The van der Waals surface area contributed by atoms with Crippen molar-refractivity contribution in [2.24, 2.45) is 7.05 Å². The summed E-state index contributed by atoms with van der Waals surface area (Å²) in [6, 6.07) is 1.92. The molecule has 3 rings (SSSR count). The van der Waals surface area contributed by atoms with Crippen LogP contribution in [0.5, 0.6) is 0 Å². The van der Waals surface area contributed by atoms with Crippen molar-refractivity contribution >= 4 is 11.7 Å². The third kappa shape index (κ3) is 3.33. The zero-order valence-corrected chi connectivity index (χ0v) is 13.8. The van der Waals surface area contributed by atoms with E-state index >= 15 is 0 Å². The number of rotatable bonds is 3. The molecule has 1 amide bonds. The van der Waals surface area contributed by atoms with Crippen LogP contribution in [-0.4, -0.2) is 44.8 Å². The van der Waals surface area contributed by atoms with Crippen molar-refractivity contribution in [2.45, 2.75) is 32.7 Å². The minimum atomic E-state index is -0.0602. The third-order valence-electron chi connectivity index (χ3n) is 4.23. The van der Waals surface area contributed by atoms with Crippen molar-refractivity contribution in [1.82, 2.24) is 25.1 Å². The highest BCUT2D eigenvalue weighted by atomic mass is 16.2. The van der Waals surface area contributed by atoms with Gasteiger partial charge in [0.15, 0.2) is 0 Å². The first-order valence-corrected chi connectivity index (χ1v) is 7.88. The Labute approximate surface area is 135 Å².